The molecule has 1 unspecified atom stereocenters. The molecule has 5 nitrogen and oxygen atoms in total. The smallest absolute Gasteiger partial charge is 0.223 e. The molecule has 21 heavy (non-hydrogen) atoms. The maximum Gasteiger partial charge on any atom is 0.223 e. The zero-order chi connectivity index (χ0) is 14.9. The number of ether oxygens (including phenoxy) is 2. The van der Waals surface area contributed by atoms with Crippen molar-refractivity contribution in [2.45, 2.75) is 19.3 Å². The molecule has 1 fully saturated rings. The van der Waals surface area contributed by atoms with Crippen molar-refractivity contribution in [2.75, 3.05) is 33.4 Å². The van der Waals surface area contributed by atoms with Gasteiger partial charge in [-0.3, -0.25) is 4.79 Å². The normalized spacial score (nSPS) is 18.0. The number of amides is 1. The van der Waals surface area contributed by atoms with Crippen molar-refractivity contribution in [1.29, 1.82) is 0 Å². The minimum Gasteiger partial charge on any atom is -0.497 e. The Bertz CT molecular complexity index is 428. The van der Waals surface area contributed by atoms with Crippen LogP contribution in [0.5, 0.6) is 11.5 Å². The van der Waals surface area contributed by atoms with Crippen LogP contribution in [0, 0.1) is 5.92 Å². The summed E-state index contributed by atoms with van der Waals surface area (Å²) in [5.41, 5.74) is 0. The lowest BCUT2D eigenvalue weighted by molar-refractivity contribution is -0.121. The third-order valence-corrected chi connectivity index (χ3v) is 3.64. The Labute approximate surface area is 126 Å². The first kappa shape index (κ1) is 15.6. The van der Waals surface area contributed by atoms with Crippen LogP contribution in [0.2, 0.25) is 0 Å². The van der Waals surface area contributed by atoms with Crippen LogP contribution in [0.4, 0.5) is 0 Å². The van der Waals surface area contributed by atoms with Gasteiger partial charge in [0, 0.05) is 6.54 Å². The molecule has 0 aromatic heterocycles. The van der Waals surface area contributed by atoms with E-state index in [2.05, 4.69) is 10.6 Å². The lowest BCUT2D eigenvalue weighted by atomic mass is 10.00. The first-order valence-corrected chi connectivity index (χ1v) is 7.52. The minimum atomic E-state index is 0.0501. The van der Waals surface area contributed by atoms with E-state index in [0.29, 0.717) is 18.9 Å². The highest BCUT2D eigenvalue weighted by Crippen LogP contribution is 2.17. The SMILES string of the molecule is COc1ccc(OCCC(=O)NCC2CCCNC2)cc1. The van der Waals surface area contributed by atoms with E-state index in [4.69, 9.17) is 9.47 Å². The lowest BCUT2D eigenvalue weighted by Gasteiger charge is -2.22. The van der Waals surface area contributed by atoms with E-state index < -0.39 is 0 Å². The Morgan fingerprint density at radius 3 is 2.76 bits per heavy atom. The number of nitrogens with one attached hydrogen (secondary N) is 2. The molecular weight excluding hydrogens is 268 g/mol. The van der Waals surface area contributed by atoms with Gasteiger partial charge in [0.1, 0.15) is 11.5 Å². The van der Waals surface area contributed by atoms with Crippen molar-refractivity contribution in [1.82, 2.24) is 10.6 Å². The second-order valence-corrected chi connectivity index (χ2v) is 5.29. The van der Waals surface area contributed by atoms with E-state index in [1.807, 2.05) is 24.3 Å². The summed E-state index contributed by atoms with van der Waals surface area (Å²) in [6, 6.07) is 7.35. The van der Waals surface area contributed by atoms with Crippen LogP contribution in [-0.4, -0.2) is 39.3 Å². The van der Waals surface area contributed by atoms with Gasteiger partial charge < -0.3 is 20.1 Å². The van der Waals surface area contributed by atoms with E-state index in [1.165, 1.54) is 12.8 Å². The average Bonchev–Trinajstić information content (AvgIpc) is 2.54. The quantitative estimate of drug-likeness (QED) is 0.801. The molecule has 0 aliphatic carbocycles. The fraction of sp³-hybridized carbons (Fsp3) is 0.562. The molecule has 2 rings (SSSR count). The van der Waals surface area contributed by atoms with Crippen LogP contribution in [0.15, 0.2) is 24.3 Å². The number of carbonyl (C=O) groups excluding carboxylic acids is 1. The summed E-state index contributed by atoms with van der Waals surface area (Å²) >= 11 is 0. The van der Waals surface area contributed by atoms with Gasteiger partial charge in [0.25, 0.3) is 0 Å². The van der Waals surface area contributed by atoms with Gasteiger partial charge in [-0.25, -0.2) is 0 Å². The number of methoxy groups -OCH3 is 1. The minimum absolute atomic E-state index is 0.0501. The molecule has 1 atom stereocenters. The van der Waals surface area contributed by atoms with E-state index >= 15 is 0 Å². The molecule has 1 aliphatic rings. The summed E-state index contributed by atoms with van der Waals surface area (Å²) in [4.78, 5) is 11.7. The number of carbonyl (C=O) groups is 1. The number of rotatable bonds is 7. The van der Waals surface area contributed by atoms with Crippen molar-refractivity contribution in [3.63, 3.8) is 0 Å². The highest BCUT2D eigenvalue weighted by Gasteiger charge is 2.13. The van der Waals surface area contributed by atoms with E-state index in [-0.39, 0.29) is 5.91 Å². The first-order chi connectivity index (χ1) is 10.3. The third-order valence-electron chi connectivity index (χ3n) is 3.64. The van der Waals surface area contributed by atoms with Crippen LogP contribution >= 0.6 is 0 Å². The van der Waals surface area contributed by atoms with Crippen molar-refractivity contribution in [3.8, 4) is 11.5 Å². The van der Waals surface area contributed by atoms with E-state index in [0.717, 1.165) is 31.1 Å². The van der Waals surface area contributed by atoms with E-state index in [9.17, 15) is 4.79 Å². The van der Waals surface area contributed by atoms with Gasteiger partial charge in [0.2, 0.25) is 5.91 Å². The molecule has 1 amide bonds. The largest absolute Gasteiger partial charge is 0.497 e. The zero-order valence-electron chi connectivity index (χ0n) is 12.6. The fourth-order valence-corrected chi connectivity index (χ4v) is 2.38. The number of hydrogen-bond donors (Lipinski definition) is 2. The monoisotopic (exact) mass is 292 g/mol. The van der Waals surface area contributed by atoms with Crippen molar-refractivity contribution in [2.24, 2.45) is 5.92 Å². The zero-order valence-corrected chi connectivity index (χ0v) is 12.6. The van der Waals surface area contributed by atoms with Gasteiger partial charge in [0.15, 0.2) is 0 Å². The molecule has 1 aromatic rings. The summed E-state index contributed by atoms with van der Waals surface area (Å²) in [6.45, 7) is 3.25. The molecule has 2 N–H and O–H groups in total. The molecule has 1 heterocycles. The van der Waals surface area contributed by atoms with Crippen LogP contribution in [0.3, 0.4) is 0 Å². The molecule has 0 bridgehead atoms. The Morgan fingerprint density at radius 1 is 1.33 bits per heavy atom. The van der Waals surface area contributed by atoms with Crippen LogP contribution in [0.1, 0.15) is 19.3 Å². The highest BCUT2D eigenvalue weighted by molar-refractivity contribution is 5.75. The number of benzene rings is 1. The second-order valence-electron chi connectivity index (χ2n) is 5.29. The standard InChI is InChI=1S/C16H24N2O3/c1-20-14-4-6-15(7-5-14)21-10-8-16(19)18-12-13-3-2-9-17-11-13/h4-7,13,17H,2-3,8-12H2,1H3,(H,18,19). The van der Waals surface area contributed by atoms with Crippen molar-refractivity contribution < 1.29 is 14.3 Å². The maximum atomic E-state index is 11.7. The number of hydrogen-bond acceptors (Lipinski definition) is 4. The number of piperidine rings is 1. The first-order valence-electron chi connectivity index (χ1n) is 7.52. The van der Waals surface area contributed by atoms with Crippen LogP contribution in [-0.2, 0) is 4.79 Å². The highest BCUT2D eigenvalue weighted by atomic mass is 16.5. The molecule has 0 spiro atoms. The second kappa shape index (κ2) is 8.52. The lowest BCUT2D eigenvalue weighted by Crippen LogP contribution is -2.38. The molecular formula is C16H24N2O3. The molecule has 1 aromatic carbocycles. The molecule has 5 heteroatoms. The Morgan fingerprint density at radius 2 is 2.10 bits per heavy atom. The molecule has 0 saturated carbocycles. The van der Waals surface area contributed by atoms with Gasteiger partial charge in [-0.2, -0.15) is 0 Å². The van der Waals surface area contributed by atoms with Crippen LogP contribution < -0.4 is 20.1 Å². The van der Waals surface area contributed by atoms with Crippen LogP contribution in [0.25, 0.3) is 0 Å². The molecule has 1 aliphatic heterocycles. The Hall–Kier alpha value is -1.75. The molecule has 1 saturated heterocycles. The summed E-state index contributed by atoms with van der Waals surface area (Å²) < 4.78 is 10.6. The van der Waals surface area contributed by atoms with Crippen molar-refractivity contribution in [3.05, 3.63) is 24.3 Å². The fourth-order valence-electron chi connectivity index (χ4n) is 2.38. The van der Waals surface area contributed by atoms with Gasteiger partial charge in [0.05, 0.1) is 20.1 Å². The van der Waals surface area contributed by atoms with Gasteiger partial charge in [-0.1, -0.05) is 0 Å². The third kappa shape index (κ3) is 5.63. The summed E-state index contributed by atoms with van der Waals surface area (Å²) in [7, 11) is 1.63. The van der Waals surface area contributed by atoms with Gasteiger partial charge >= 0.3 is 0 Å². The summed E-state index contributed by atoms with van der Waals surface area (Å²) in [6.07, 6.45) is 2.77. The predicted molar refractivity (Wildman–Crippen MR) is 81.7 cm³/mol. The molecule has 116 valence electrons. The maximum absolute atomic E-state index is 11.7. The van der Waals surface area contributed by atoms with Crippen molar-refractivity contribution >= 4 is 5.91 Å². The topological polar surface area (TPSA) is 59.6 Å². The summed E-state index contributed by atoms with van der Waals surface area (Å²) in [5, 5.41) is 6.32. The van der Waals surface area contributed by atoms with Gasteiger partial charge in [-0.05, 0) is 56.1 Å². The average molecular weight is 292 g/mol. The van der Waals surface area contributed by atoms with Gasteiger partial charge in [-0.15, -0.1) is 0 Å². The molecule has 0 radical (unpaired) electrons. The Kier molecular flexibility index (Phi) is 6.34. The summed E-state index contributed by atoms with van der Waals surface area (Å²) in [5.74, 6) is 2.15. The predicted octanol–water partition coefficient (Wildman–Crippen LogP) is 1.58. The van der Waals surface area contributed by atoms with E-state index in [1.54, 1.807) is 7.11 Å². The Balaban J connectivity index is 1.59.